The molecule has 0 unspecified atom stereocenters. The highest BCUT2D eigenvalue weighted by molar-refractivity contribution is 6.32. The molecule has 3 heterocycles. The van der Waals surface area contributed by atoms with E-state index in [0.29, 0.717) is 17.1 Å². The number of rotatable bonds is 4. The van der Waals surface area contributed by atoms with Gasteiger partial charge in [-0.15, -0.1) is 12.4 Å². The molecule has 32 heavy (non-hydrogen) atoms. The molecule has 2 aliphatic rings. The van der Waals surface area contributed by atoms with Gasteiger partial charge in [0.2, 0.25) is 0 Å². The van der Waals surface area contributed by atoms with E-state index in [1.165, 1.54) is 12.7 Å². The number of carbonyl (C=O) groups excluding carboxylic acids is 2. The molecular weight excluding hydrogens is 449 g/mol. The second-order valence-electron chi connectivity index (χ2n) is 8.31. The number of esters is 1. The van der Waals surface area contributed by atoms with Gasteiger partial charge in [0.1, 0.15) is 0 Å². The second-order valence-corrected chi connectivity index (χ2v) is 8.72. The van der Waals surface area contributed by atoms with E-state index in [2.05, 4.69) is 39.5 Å². The van der Waals surface area contributed by atoms with Crippen LogP contribution in [0, 0.1) is 5.92 Å². The van der Waals surface area contributed by atoms with E-state index in [9.17, 15) is 9.59 Å². The molecule has 6 nitrogen and oxygen atoms in total. The average Bonchev–Trinajstić information content (AvgIpc) is 3.38. The Bertz CT molecular complexity index is 1180. The van der Waals surface area contributed by atoms with Crippen LogP contribution < -0.4 is 5.32 Å². The Balaban J connectivity index is 0.00000245. The zero-order chi connectivity index (χ0) is 21.5. The molecule has 3 aromatic rings. The fourth-order valence-electron chi connectivity index (χ4n) is 4.71. The standard InChI is InChI=1S/C24H24ClN3O3.ClH/c1-31-24(30)15-6-8-28(9-7-15)13-14-2-5-20-16(10-14)11-21(27-20)17-3-4-19(25)18-12-26-23(29)22(17)18;/h2-5,10-11,15,27H,6-9,12-13H2,1H3,(H,26,29);1H. The Kier molecular flexibility index (Phi) is 6.47. The molecule has 0 spiro atoms. The highest BCUT2D eigenvalue weighted by atomic mass is 35.5. The summed E-state index contributed by atoms with van der Waals surface area (Å²) in [4.78, 5) is 29.9. The maximum atomic E-state index is 12.4. The van der Waals surface area contributed by atoms with Crippen LogP contribution in [0.2, 0.25) is 5.02 Å². The Labute approximate surface area is 197 Å². The van der Waals surface area contributed by atoms with Crippen LogP contribution in [0.1, 0.15) is 34.3 Å². The number of hydrogen-bond donors (Lipinski definition) is 2. The Hall–Kier alpha value is -2.54. The lowest BCUT2D eigenvalue weighted by atomic mass is 9.96. The number of hydrogen-bond acceptors (Lipinski definition) is 4. The van der Waals surface area contributed by atoms with E-state index in [1.807, 2.05) is 12.1 Å². The molecule has 2 aromatic carbocycles. The summed E-state index contributed by atoms with van der Waals surface area (Å²) in [7, 11) is 1.46. The number of ether oxygens (including phenoxy) is 1. The van der Waals surface area contributed by atoms with Crippen LogP contribution in [0.5, 0.6) is 0 Å². The van der Waals surface area contributed by atoms with Crippen LogP contribution in [0.15, 0.2) is 36.4 Å². The first-order valence-corrected chi connectivity index (χ1v) is 10.9. The van der Waals surface area contributed by atoms with Crippen molar-refractivity contribution in [2.75, 3.05) is 20.2 Å². The number of benzene rings is 2. The van der Waals surface area contributed by atoms with E-state index >= 15 is 0 Å². The summed E-state index contributed by atoms with van der Waals surface area (Å²) in [5.74, 6) is -0.153. The maximum absolute atomic E-state index is 12.4. The van der Waals surface area contributed by atoms with Gasteiger partial charge in [0.15, 0.2) is 0 Å². The number of aromatic amines is 1. The summed E-state index contributed by atoms with van der Waals surface area (Å²) in [6.07, 6.45) is 1.68. The Morgan fingerprint density at radius 1 is 1.19 bits per heavy atom. The molecular formula is C24H25Cl2N3O3. The minimum absolute atomic E-state index is 0. The SMILES string of the molecule is COC(=O)C1CCN(Cc2ccc3[nH]c(-c4ccc(Cl)c5c4C(=O)NC5)cc3c2)CC1.Cl. The van der Waals surface area contributed by atoms with Crippen molar-refractivity contribution >= 4 is 46.8 Å². The lowest BCUT2D eigenvalue weighted by Gasteiger charge is -2.30. The predicted octanol–water partition coefficient (Wildman–Crippen LogP) is 4.54. The fraction of sp³-hybridized carbons (Fsp3) is 0.333. The number of amides is 1. The molecule has 5 rings (SSSR count). The van der Waals surface area contributed by atoms with Crippen molar-refractivity contribution in [2.45, 2.75) is 25.9 Å². The maximum Gasteiger partial charge on any atom is 0.308 e. The lowest BCUT2D eigenvalue weighted by Crippen LogP contribution is -2.36. The van der Waals surface area contributed by atoms with Gasteiger partial charge in [-0.25, -0.2) is 0 Å². The summed E-state index contributed by atoms with van der Waals surface area (Å²) in [5.41, 5.74) is 5.57. The van der Waals surface area contributed by atoms with Crippen molar-refractivity contribution in [3.8, 4) is 11.3 Å². The fourth-order valence-corrected chi connectivity index (χ4v) is 4.94. The highest BCUT2D eigenvalue weighted by Crippen LogP contribution is 2.35. The molecule has 1 fully saturated rings. The number of H-pyrrole nitrogens is 1. The average molecular weight is 474 g/mol. The number of methoxy groups -OCH3 is 1. The summed E-state index contributed by atoms with van der Waals surface area (Å²) in [6, 6.07) is 12.3. The molecule has 2 aliphatic heterocycles. The van der Waals surface area contributed by atoms with Crippen LogP contribution in [0.25, 0.3) is 22.2 Å². The van der Waals surface area contributed by atoms with E-state index in [-0.39, 0.29) is 30.2 Å². The number of carbonyl (C=O) groups is 2. The van der Waals surface area contributed by atoms with Crippen molar-refractivity contribution < 1.29 is 14.3 Å². The largest absolute Gasteiger partial charge is 0.469 e. The van der Waals surface area contributed by atoms with E-state index in [4.69, 9.17) is 16.3 Å². The van der Waals surface area contributed by atoms with E-state index in [0.717, 1.165) is 60.2 Å². The van der Waals surface area contributed by atoms with Gasteiger partial charge in [-0.3, -0.25) is 14.5 Å². The van der Waals surface area contributed by atoms with Crippen molar-refractivity contribution in [2.24, 2.45) is 5.92 Å². The molecule has 168 valence electrons. The van der Waals surface area contributed by atoms with E-state index < -0.39 is 0 Å². The molecule has 8 heteroatoms. The van der Waals surface area contributed by atoms with Crippen LogP contribution >= 0.6 is 24.0 Å². The van der Waals surface area contributed by atoms with Gasteiger partial charge >= 0.3 is 5.97 Å². The van der Waals surface area contributed by atoms with Gasteiger partial charge < -0.3 is 15.0 Å². The van der Waals surface area contributed by atoms with Crippen molar-refractivity contribution in [3.05, 3.63) is 58.1 Å². The Morgan fingerprint density at radius 3 is 2.72 bits per heavy atom. The number of aromatic nitrogens is 1. The third kappa shape index (κ3) is 4.10. The Morgan fingerprint density at radius 2 is 1.97 bits per heavy atom. The monoisotopic (exact) mass is 473 g/mol. The second kappa shape index (κ2) is 9.14. The van der Waals surface area contributed by atoms with Gasteiger partial charge in [0.25, 0.3) is 5.91 Å². The molecule has 0 aliphatic carbocycles. The summed E-state index contributed by atoms with van der Waals surface area (Å²) in [6.45, 7) is 3.10. The first-order chi connectivity index (χ1) is 15.0. The first-order valence-electron chi connectivity index (χ1n) is 10.6. The van der Waals surface area contributed by atoms with Gasteiger partial charge in [0, 0.05) is 45.8 Å². The molecule has 0 radical (unpaired) electrons. The van der Waals surface area contributed by atoms with Crippen LogP contribution in [0.4, 0.5) is 0 Å². The molecule has 0 saturated carbocycles. The smallest absolute Gasteiger partial charge is 0.308 e. The third-order valence-corrected chi connectivity index (χ3v) is 6.77. The van der Waals surface area contributed by atoms with E-state index in [1.54, 1.807) is 0 Å². The zero-order valence-corrected chi connectivity index (χ0v) is 19.3. The van der Waals surface area contributed by atoms with Crippen molar-refractivity contribution in [1.82, 2.24) is 15.2 Å². The minimum atomic E-state index is -0.0942. The lowest BCUT2D eigenvalue weighted by molar-refractivity contribution is -0.147. The summed E-state index contributed by atoms with van der Waals surface area (Å²) < 4.78 is 4.88. The van der Waals surface area contributed by atoms with Crippen LogP contribution in [0.3, 0.4) is 0 Å². The quantitative estimate of drug-likeness (QED) is 0.545. The highest BCUT2D eigenvalue weighted by Gasteiger charge is 2.27. The summed E-state index contributed by atoms with van der Waals surface area (Å²) >= 11 is 6.29. The summed E-state index contributed by atoms with van der Waals surface area (Å²) in [5, 5.41) is 4.59. The molecule has 1 saturated heterocycles. The number of halogens is 2. The molecule has 2 N–H and O–H groups in total. The van der Waals surface area contributed by atoms with Gasteiger partial charge in [0.05, 0.1) is 18.6 Å². The normalized spacial score (nSPS) is 16.5. The van der Waals surface area contributed by atoms with Crippen LogP contribution in [-0.4, -0.2) is 42.0 Å². The number of likely N-dealkylation sites (tertiary alicyclic amines) is 1. The van der Waals surface area contributed by atoms with Gasteiger partial charge in [-0.05, 0) is 55.8 Å². The number of fused-ring (bicyclic) bond motifs is 2. The van der Waals surface area contributed by atoms with Crippen molar-refractivity contribution in [1.29, 1.82) is 0 Å². The molecule has 0 bridgehead atoms. The number of nitrogens with one attached hydrogen (secondary N) is 2. The molecule has 1 amide bonds. The van der Waals surface area contributed by atoms with Crippen LogP contribution in [-0.2, 0) is 22.6 Å². The zero-order valence-electron chi connectivity index (χ0n) is 17.7. The van der Waals surface area contributed by atoms with Crippen molar-refractivity contribution in [3.63, 3.8) is 0 Å². The number of piperidine rings is 1. The van der Waals surface area contributed by atoms with Gasteiger partial charge in [-0.2, -0.15) is 0 Å². The number of nitrogens with zero attached hydrogens (tertiary/aromatic N) is 1. The molecule has 0 atom stereocenters. The predicted molar refractivity (Wildman–Crippen MR) is 127 cm³/mol. The van der Waals surface area contributed by atoms with Gasteiger partial charge in [-0.1, -0.05) is 23.7 Å². The third-order valence-electron chi connectivity index (χ3n) is 6.41. The molecule has 1 aromatic heterocycles. The first kappa shape index (κ1) is 22.6. The minimum Gasteiger partial charge on any atom is -0.469 e. The topological polar surface area (TPSA) is 74.4 Å².